The topological polar surface area (TPSA) is 46.4 Å². The second-order valence-corrected chi connectivity index (χ2v) is 9.05. The van der Waals surface area contributed by atoms with Crippen molar-refractivity contribution in [3.8, 4) is 0 Å². The van der Waals surface area contributed by atoms with Gasteiger partial charge in [0.05, 0.1) is 22.7 Å². The highest BCUT2D eigenvalue weighted by Gasteiger charge is 2.13. The van der Waals surface area contributed by atoms with Gasteiger partial charge in [0.1, 0.15) is 0 Å². The first kappa shape index (κ1) is 23.1. The Kier molecular flexibility index (Phi) is 6.87. The largest absolute Gasteiger partial charge is 0.340 e. The fourth-order valence-corrected chi connectivity index (χ4v) is 4.27. The van der Waals surface area contributed by atoms with E-state index in [1.54, 1.807) is 6.21 Å². The number of carbonyl (C=O) groups excluding carboxylic acids is 1. The highest BCUT2D eigenvalue weighted by atomic mass is 35.5. The summed E-state index contributed by atoms with van der Waals surface area (Å²) in [5.74, 6) is -0.147. The summed E-state index contributed by atoms with van der Waals surface area (Å²) < 4.78 is 2.22. The van der Waals surface area contributed by atoms with Crippen LogP contribution in [0, 0.1) is 20.8 Å². The molecular weight excluding hydrogens is 453 g/mol. The third-order valence-electron chi connectivity index (χ3n) is 5.92. The van der Waals surface area contributed by atoms with Crippen molar-refractivity contribution in [1.29, 1.82) is 0 Å². The lowest BCUT2D eigenvalue weighted by Gasteiger charge is -2.09. The molecule has 168 valence electrons. The van der Waals surface area contributed by atoms with Gasteiger partial charge in [0.25, 0.3) is 0 Å². The van der Waals surface area contributed by atoms with Crippen molar-refractivity contribution in [2.75, 3.05) is 0 Å². The van der Waals surface area contributed by atoms with Crippen molar-refractivity contribution in [3.05, 3.63) is 104 Å². The number of aromatic nitrogens is 1. The highest BCUT2D eigenvalue weighted by molar-refractivity contribution is 6.42. The number of halogens is 2. The van der Waals surface area contributed by atoms with Crippen LogP contribution in [0.1, 0.15) is 33.5 Å². The number of hydrogen-bond donors (Lipinski definition) is 1. The van der Waals surface area contributed by atoms with E-state index in [-0.39, 0.29) is 12.3 Å². The molecule has 0 saturated heterocycles. The summed E-state index contributed by atoms with van der Waals surface area (Å²) in [6.45, 7) is 6.81. The van der Waals surface area contributed by atoms with Gasteiger partial charge in [-0.05, 0) is 61.2 Å². The SMILES string of the molecule is Cc1ccc(CC(=O)N/N=C\c2c(C)n(Cc3ccc(Cl)c(Cl)c3)c3ccccc23)cc1C. The van der Waals surface area contributed by atoms with Crippen LogP contribution >= 0.6 is 23.2 Å². The zero-order chi connectivity index (χ0) is 23.5. The molecule has 0 bridgehead atoms. The molecule has 1 N–H and O–H groups in total. The Morgan fingerprint density at radius 1 is 0.939 bits per heavy atom. The number of nitrogens with one attached hydrogen (secondary N) is 1. The second kappa shape index (κ2) is 9.82. The van der Waals surface area contributed by atoms with Crippen LogP contribution in [-0.2, 0) is 17.8 Å². The molecule has 0 radical (unpaired) electrons. The van der Waals surface area contributed by atoms with Gasteiger partial charge >= 0.3 is 0 Å². The maximum atomic E-state index is 12.4. The van der Waals surface area contributed by atoms with E-state index < -0.39 is 0 Å². The second-order valence-electron chi connectivity index (χ2n) is 8.24. The van der Waals surface area contributed by atoms with E-state index in [9.17, 15) is 4.79 Å². The van der Waals surface area contributed by atoms with Gasteiger partial charge in [-0.25, -0.2) is 5.43 Å². The van der Waals surface area contributed by atoms with Gasteiger partial charge < -0.3 is 4.57 Å². The minimum absolute atomic E-state index is 0.147. The smallest absolute Gasteiger partial charge is 0.244 e. The number of nitrogens with zero attached hydrogens (tertiary/aromatic N) is 2. The molecule has 0 aliphatic carbocycles. The minimum atomic E-state index is -0.147. The first-order valence-electron chi connectivity index (χ1n) is 10.7. The minimum Gasteiger partial charge on any atom is -0.340 e. The third-order valence-corrected chi connectivity index (χ3v) is 6.66. The average Bonchev–Trinajstić information content (AvgIpc) is 3.05. The number of aryl methyl sites for hydroxylation is 2. The predicted octanol–water partition coefficient (Wildman–Crippen LogP) is 6.61. The van der Waals surface area contributed by atoms with Crippen LogP contribution in [0.5, 0.6) is 0 Å². The van der Waals surface area contributed by atoms with Crippen molar-refractivity contribution in [3.63, 3.8) is 0 Å². The number of hydrazone groups is 1. The van der Waals surface area contributed by atoms with Crippen molar-refractivity contribution < 1.29 is 4.79 Å². The summed E-state index contributed by atoms with van der Waals surface area (Å²) in [7, 11) is 0. The van der Waals surface area contributed by atoms with E-state index in [4.69, 9.17) is 23.2 Å². The Labute approximate surface area is 203 Å². The van der Waals surface area contributed by atoms with Gasteiger partial charge in [0.15, 0.2) is 0 Å². The van der Waals surface area contributed by atoms with Crippen molar-refractivity contribution in [1.82, 2.24) is 9.99 Å². The maximum Gasteiger partial charge on any atom is 0.244 e. The van der Waals surface area contributed by atoms with E-state index in [1.165, 1.54) is 11.1 Å². The molecule has 0 atom stereocenters. The van der Waals surface area contributed by atoms with E-state index >= 15 is 0 Å². The van der Waals surface area contributed by atoms with Crippen LogP contribution in [0.25, 0.3) is 10.9 Å². The molecule has 0 aliphatic rings. The number of para-hydroxylation sites is 1. The van der Waals surface area contributed by atoms with Crippen molar-refractivity contribution in [2.45, 2.75) is 33.7 Å². The zero-order valence-electron chi connectivity index (χ0n) is 18.8. The van der Waals surface area contributed by atoms with Crippen molar-refractivity contribution >= 4 is 46.2 Å². The number of amides is 1. The van der Waals surface area contributed by atoms with E-state index in [1.807, 2.05) is 55.5 Å². The zero-order valence-corrected chi connectivity index (χ0v) is 20.3. The summed E-state index contributed by atoms with van der Waals surface area (Å²) in [4.78, 5) is 12.4. The van der Waals surface area contributed by atoms with Gasteiger partial charge in [-0.1, -0.05) is 65.7 Å². The normalized spacial score (nSPS) is 11.4. The monoisotopic (exact) mass is 477 g/mol. The third kappa shape index (κ3) is 5.13. The number of carbonyl (C=O) groups is 1. The number of hydrogen-bond acceptors (Lipinski definition) is 2. The maximum absolute atomic E-state index is 12.4. The molecule has 1 heterocycles. The quantitative estimate of drug-likeness (QED) is 0.246. The molecule has 33 heavy (non-hydrogen) atoms. The highest BCUT2D eigenvalue weighted by Crippen LogP contribution is 2.28. The van der Waals surface area contributed by atoms with Gasteiger partial charge in [-0.2, -0.15) is 5.10 Å². The summed E-state index contributed by atoms with van der Waals surface area (Å²) in [5.41, 5.74) is 10.2. The lowest BCUT2D eigenvalue weighted by Crippen LogP contribution is -2.19. The molecule has 0 spiro atoms. The van der Waals surface area contributed by atoms with Crippen LogP contribution in [0.2, 0.25) is 10.0 Å². The van der Waals surface area contributed by atoms with Gasteiger partial charge in [0, 0.05) is 28.7 Å². The summed E-state index contributed by atoms with van der Waals surface area (Å²) in [6, 6.07) is 19.9. The molecule has 4 aromatic rings. The Morgan fingerprint density at radius 3 is 2.45 bits per heavy atom. The fourth-order valence-electron chi connectivity index (χ4n) is 3.95. The molecule has 0 fully saturated rings. The Bertz CT molecular complexity index is 1370. The van der Waals surface area contributed by atoms with Gasteiger partial charge in [-0.15, -0.1) is 0 Å². The molecule has 1 amide bonds. The average molecular weight is 478 g/mol. The molecule has 3 aromatic carbocycles. The van der Waals surface area contributed by atoms with Crippen LogP contribution < -0.4 is 5.43 Å². The van der Waals surface area contributed by atoms with E-state index in [0.717, 1.165) is 33.3 Å². The molecule has 6 heteroatoms. The molecule has 4 nitrogen and oxygen atoms in total. The Balaban J connectivity index is 1.55. The van der Waals surface area contributed by atoms with Crippen molar-refractivity contribution in [2.24, 2.45) is 5.10 Å². The number of rotatable bonds is 6. The Hall–Kier alpha value is -3.08. The Morgan fingerprint density at radius 2 is 1.70 bits per heavy atom. The molecule has 1 aromatic heterocycles. The molecular formula is C27H25Cl2N3O. The lowest BCUT2D eigenvalue weighted by atomic mass is 10.0. The molecule has 0 unspecified atom stereocenters. The van der Waals surface area contributed by atoms with Crippen LogP contribution in [0.3, 0.4) is 0 Å². The van der Waals surface area contributed by atoms with E-state index in [2.05, 4.69) is 41.1 Å². The van der Waals surface area contributed by atoms with Gasteiger partial charge in [0.2, 0.25) is 5.91 Å². The predicted molar refractivity (Wildman–Crippen MR) is 138 cm³/mol. The first-order valence-corrected chi connectivity index (χ1v) is 11.5. The molecule has 4 rings (SSSR count). The summed E-state index contributed by atoms with van der Waals surface area (Å²) >= 11 is 12.3. The lowest BCUT2D eigenvalue weighted by molar-refractivity contribution is -0.120. The molecule has 0 saturated carbocycles. The summed E-state index contributed by atoms with van der Waals surface area (Å²) in [6.07, 6.45) is 2.01. The van der Waals surface area contributed by atoms with Crippen LogP contribution in [-0.4, -0.2) is 16.7 Å². The molecule has 0 aliphatic heterocycles. The van der Waals surface area contributed by atoms with Crippen LogP contribution in [0.4, 0.5) is 0 Å². The van der Waals surface area contributed by atoms with Gasteiger partial charge in [-0.3, -0.25) is 4.79 Å². The fraction of sp³-hybridized carbons (Fsp3) is 0.185. The summed E-state index contributed by atoms with van der Waals surface area (Å²) in [5, 5.41) is 6.41. The number of benzene rings is 3. The van der Waals surface area contributed by atoms with E-state index in [0.29, 0.717) is 16.6 Å². The standard InChI is InChI=1S/C27H25Cl2N3O/c1-17-8-9-20(12-18(17)2)14-27(33)31-30-15-23-19(3)32(26-7-5-4-6-22(23)26)16-21-10-11-24(28)25(29)13-21/h4-13,15H,14,16H2,1-3H3,(H,31,33)/b30-15-. The van der Waals surface area contributed by atoms with Crippen LogP contribution in [0.15, 0.2) is 65.8 Å². The number of fused-ring (bicyclic) bond motifs is 1. The first-order chi connectivity index (χ1) is 15.8.